The van der Waals surface area contributed by atoms with E-state index in [4.69, 9.17) is 0 Å². The van der Waals surface area contributed by atoms with E-state index in [0.717, 1.165) is 0 Å². The number of rotatable bonds is 1. The topological polar surface area (TPSA) is 12.9 Å². The summed E-state index contributed by atoms with van der Waals surface area (Å²) in [4.78, 5) is 3.85. The maximum Gasteiger partial charge on any atom is 0.381 e. The van der Waals surface area contributed by atoms with Crippen LogP contribution in [0.1, 0.15) is 5.56 Å². The molecule has 6 heteroatoms. The number of halogens is 4. The second-order valence-corrected chi connectivity index (χ2v) is 3.32. The predicted molar refractivity (Wildman–Crippen MR) is 53.5 cm³/mol. The Morgan fingerprint density at radius 3 is 2.39 bits per heavy atom. The summed E-state index contributed by atoms with van der Waals surface area (Å²) in [6, 6.07) is 8.18. The zero-order chi connectivity index (χ0) is 12.5. The Hall–Kier alpha value is -1.26. The molecule has 0 aliphatic rings. The quantitative estimate of drug-likeness (QED) is 0.495. The molecular weight excluding hydrogens is 426 g/mol. The number of pyridine rings is 1. The van der Waals surface area contributed by atoms with E-state index in [-0.39, 0.29) is 31.4 Å². The fourth-order valence-electron chi connectivity index (χ4n) is 1.34. The molecule has 0 saturated heterocycles. The first-order valence-electron chi connectivity index (χ1n) is 4.68. The van der Waals surface area contributed by atoms with E-state index in [2.05, 4.69) is 11.1 Å². The van der Waals surface area contributed by atoms with Gasteiger partial charge in [-0.2, -0.15) is 13.2 Å². The van der Waals surface area contributed by atoms with Crippen LogP contribution < -0.4 is 0 Å². The summed E-state index contributed by atoms with van der Waals surface area (Å²) < 4.78 is 50.4. The van der Waals surface area contributed by atoms with Gasteiger partial charge in [0, 0.05) is 32.1 Å². The van der Waals surface area contributed by atoms with E-state index in [1.54, 1.807) is 12.1 Å². The number of hydrogen-bond donors (Lipinski definition) is 0. The summed E-state index contributed by atoms with van der Waals surface area (Å²) >= 11 is 0. The monoisotopic (exact) mass is 433 g/mol. The summed E-state index contributed by atoms with van der Waals surface area (Å²) in [7, 11) is 0. The van der Waals surface area contributed by atoms with Gasteiger partial charge in [0.05, 0.1) is 0 Å². The second-order valence-electron chi connectivity index (χ2n) is 3.32. The van der Waals surface area contributed by atoms with Crippen molar-refractivity contribution in [2.45, 2.75) is 6.18 Å². The summed E-state index contributed by atoms with van der Waals surface area (Å²) in [5.41, 5.74) is -0.882. The molecule has 0 spiro atoms. The molecule has 1 nitrogen and oxygen atoms in total. The van der Waals surface area contributed by atoms with Crippen molar-refractivity contribution >= 4 is 0 Å². The first-order chi connectivity index (χ1) is 7.98. The van der Waals surface area contributed by atoms with E-state index in [1.807, 2.05) is 0 Å². The van der Waals surface area contributed by atoms with E-state index < -0.39 is 17.6 Å². The third-order valence-electron chi connectivity index (χ3n) is 2.14. The van der Waals surface area contributed by atoms with Gasteiger partial charge in [-0.05, 0) is 17.3 Å². The van der Waals surface area contributed by atoms with Crippen molar-refractivity contribution in [1.82, 2.24) is 4.98 Å². The molecule has 0 amide bonds. The van der Waals surface area contributed by atoms with Crippen LogP contribution in [0.5, 0.6) is 0 Å². The molecule has 1 radical (unpaired) electrons. The minimum absolute atomic E-state index is 0. The number of nitrogens with zero attached hydrogens (tertiary/aromatic N) is 1. The van der Waals surface area contributed by atoms with E-state index >= 15 is 0 Å². The van der Waals surface area contributed by atoms with E-state index in [0.29, 0.717) is 12.1 Å². The Morgan fingerprint density at radius 1 is 1.17 bits per heavy atom. The fourth-order valence-corrected chi connectivity index (χ4v) is 1.34. The Kier molecular flexibility index (Phi) is 4.59. The molecule has 0 bridgehead atoms. The summed E-state index contributed by atoms with van der Waals surface area (Å²) in [5.74, 6) is -0.987. The van der Waals surface area contributed by atoms with Gasteiger partial charge >= 0.3 is 6.18 Å². The Morgan fingerprint density at radius 2 is 1.89 bits per heavy atom. The minimum Gasteiger partial charge on any atom is -0.305 e. The molecule has 1 aromatic heterocycles. The predicted octanol–water partition coefficient (Wildman–Crippen LogP) is 3.70. The first-order valence-corrected chi connectivity index (χ1v) is 4.68. The molecule has 18 heavy (non-hydrogen) atoms. The Balaban J connectivity index is 0.00000162. The van der Waals surface area contributed by atoms with Crippen LogP contribution >= 0.6 is 0 Å². The molecule has 0 aliphatic heterocycles. The van der Waals surface area contributed by atoms with Crippen LogP contribution in [0.15, 0.2) is 36.5 Å². The number of benzene rings is 1. The van der Waals surface area contributed by atoms with Crippen molar-refractivity contribution in [3.63, 3.8) is 0 Å². The molecule has 0 atom stereocenters. The molecule has 97 valence electrons. The fraction of sp³-hybridized carbons (Fsp3) is 0.0833. The average Bonchev–Trinajstić information content (AvgIpc) is 2.29. The van der Waals surface area contributed by atoms with Gasteiger partial charge in [-0.3, -0.25) is 4.39 Å². The molecule has 0 N–H and O–H groups in total. The van der Waals surface area contributed by atoms with Crippen molar-refractivity contribution in [2.75, 3.05) is 0 Å². The molecule has 1 aromatic carbocycles. The van der Waals surface area contributed by atoms with Crippen LogP contribution in [0, 0.1) is 11.9 Å². The molecule has 0 unspecified atom stereocenters. The Labute approximate surface area is 114 Å². The van der Waals surface area contributed by atoms with Crippen LogP contribution in [0.3, 0.4) is 0 Å². The van der Waals surface area contributed by atoms with Crippen LogP contribution in [-0.4, -0.2) is 4.98 Å². The molecule has 0 fully saturated rings. The van der Waals surface area contributed by atoms with Crippen molar-refractivity contribution < 1.29 is 37.7 Å². The number of aromatic nitrogens is 1. The van der Waals surface area contributed by atoms with Crippen LogP contribution in [-0.2, 0) is 26.3 Å². The van der Waals surface area contributed by atoms with Gasteiger partial charge in [0.1, 0.15) is 0 Å². The van der Waals surface area contributed by atoms with Crippen LogP contribution in [0.2, 0.25) is 0 Å². The largest absolute Gasteiger partial charge is 0.381 e. The molecule has 0 saturated carbocycles. The first kappa shape index (κ1) is 14.8. The Bertz CT molecular complexity index is 525. The van der Waals surface area contributed by atoms with Gasteiger partial charge in [-0.1, -0.05) is 23.8 Å². The van der Waals surface area contributed by atoms with Gasteiger partial charge in [0.15, 0.2) is 0 Å². The van der Waals surface area contributed by atoms with Gasteiger partial charge in [-0.15, -0.1) is 12.1 Å². The molecule has 2 rings (SSSR count). The SMILES string of the molecule is Fc1cc(C(F)(F)F)c[c-]c1-c1ccccn1.[Ir]. The van der Waals surface area contributed by atoms with Crippen molar-refractivity contribution in [1.29, 1.82) is 0 Å². The molecular formula is C12H6F4IrN-. The van der Waals surface area contributed by atoms with Crippen molar-refractivity contribution in [3.05, 3.63) is 54.0 Å². The molecule has 1 heterocycles. The van der Waals surface area contributed by atoms with Crippen LogP contribution in [0.25, 0.3) is 11.3 Å². The summed E-state index contributed by atoms with van der Waals surface area (Å²) in [5, 5.41) is 0. The third-order valence-corrected chi connectivity index (χ3v) is 2.14. The van der Waals surface area contributed by atoms with Gasteiger partial charge in [-0.25, -0.2) is 0 Å². The van der Waals surface area contributed by atoms with Gasteiger partial charge in [0.2, 0.25) is 0 Å². The maximum absolute atomic E-state index is 13.5. The molecule has 0 aliphatic carbocycles. The summed E-state index contributed by atoms with van der Waals surface area (Å²) in [6.07, 6.45) is -3.14. The maximum atomic E-state index is 13.5. The average molecular weight is 432 g/mol. The molecule has 2 aromatic rings. The standard InChI is InChI=1S/C12H6F4N.Ir/c13-10-7-8(12(14,15)16)4-5-9(10)11-3-1-2-6-17-11;/h1-4,6-7H;/q-1;. The van der Waals surface area contributed by atoms with Crippen LogP contribution in [0.4, 0.5) is 17.6 Å². The van der Waals surface area contributed by atoms with Gasteiger partial charge < -0.3 is 4.98 Å². The van der Waals surface area contributed by atoms with Gasteiger partial charge in [0.25, 0.3) is 0 Å². The second kappa shape index (κ2) is 5.59. The van der Waals surface area contributed by atoms with Crippen molar-refractivity contribution in [3.8, 4) is 11.3 Å². The smallest absolute Gasteiger partial charge is 0.305 e. The number of alkyl halides is 3. The van der Waals surface area contributed by atoms with E-state index in [1.165, 1.54) is 12.3 Å². The number of hydrogen-bond acceptors (Lipinski definition) is 1. The van der Waals surface area contributed by atoms with Crippen molar-refractivity contribution in [2.24, 2.45) is 0 Å². The van der Waals surface area contributed by atoms with E-state index in [9.17, 15) is 17.6 Å². The normalized spacial score (nSPS) is 10.9. The minimum atomic E-state index is -4.57. The third kappa shape index (κ3) is 3.15. The summed E-state index contributed by atoms with van der Waals surface area (Å²) in [6.45, 7) is 0. The zero-order valence-corrected chi connectivity index (χ0v) is 11.2. The zero-order valence-electron chi connectivity index (χ0n) is 8.76.